The Morgan fingerprint density at radius 1 is 1.00 bits per heavy atom. The Labute approximate surface area is 143 Å². The maximum absolute atomic E-state index is 12.3. The minimum Gasteiger partial charge on any atom is -0.352 e. The van der Waals surface area contributed by atoms with E-state index in [1.165, 1.54) is 6.92 Å². The molecule has 4 nitrogen and oxygen atoms in total. The number of hydrogen-bond acceptors (Lipinski definition) is 2. The van der Waals surface area contributed by atoms with Crippen molar-refractivity contribution in [2.75, 3.05) is 0 Å². The topological polar surface area (TPSA) is 58.2 Å². The summed E-state index contributed by atoms with van der Waals surface area (Å²) in [7, 11) is 0. The Bertz CT molecular complexity index is 708. The molecule has 2 amide bonds. The van der Waals surface area contributed by atoms with Crippen molar-refractivity contribution in [3.05, 3.63) is 70.8 Å². The summed E-state index contributed by atoms with van der Waals surface area (Å²) in [6.45, 7) is 5.98. The number of carbonyl (C=O) groups is 2. The highest BCUT2D eigenvalue weighted by molar-refractivity contribution is 5.79. The number of amides is 2. The summed E-state index contributed by atoms with van der Waals surface area (Å²) in [6.07, 6.45) is 0.217. The fraction of sp³-hybridized carbons (Fsp3) is 0.300. The predicted molar refractivity (Wildman–Crippen MR) is 95.4 cm³/mol. The Balaban J connectivity index is 2.00. The van der Waals surface area contributed by atoms with Gasteiger partial charge < -0.3 is 10.6 Å². The molecule has 1 unspecified atom stereocenters. The molecule has 0 aliphatic rings. The minimum absolute atomic E-state index is 0.0856. The predicted octanol–water partition coefficient (Wildman–Crippen LogP) is 3.19. The van der Waals surface area contributed by atoms with E-state index in [0.717, 1.165) is 22.3 Å². The molecule has 2 aromatic rings. The molecule has 2 N–H and O–H groups in total. The molecule has 2 rings (SSSR count). The third-order valence-corrected chi connectivity index (χ3v) is 3.98. The minimum atomic E-state index is -0.319. The fourth-order valence-electron chi connectivity index (χ4n) is 2.56. The zero-order valence-electron chi connectivity index (χ0n) is 14.4. The van der Waals surface area contributed by atoms with Crippen LogP contribution in [0.5, 0.6) is 0 Å². The molecule has 126 valence electrons. The van der Waals surface area contributed by atoms with Gasteiger partial charge in [0.25, 0.3) is 0 Å². The molecule has 4 heteroatoms. The first-order chi connectivity index (χ1) is 11.5. The number of aryl methyl sites for hydroxylation is 2. The second-order valence-electron chi connectivity index (χ2n) is 6.07. The molecular formula is C20H24N2O2. The molecule has 0 aliphatic heterocycles. The molecule has 0 aromatic heterocycles. The summed E-state index contributed by atoms with van der Waals surface area (Å²) in [4.78, 5) is 23.8. The van der Waals surface area contributed by atoms with Gasteiger partial charge >= 0.3 is 0 Å². The first-order valence-corrected chi connectivity index (χ1v) is 8.10. The number of nitrogens with one attached hydrogen (secondary N) is 2. The van der Waals surface area contributed by atoms with Gasteiger partial charge in [-0.05, 0) is 30.5 Å². The van der Waals surface area contributed by atoms with Gasteiger partial charge in [0.1, 0.15) is 0 Å². The van der Waals surface area contributed by atoms with Crippen molar-refractivity contribution in [3.63, 3.8) is 0 Å². The van der Waals surface area contributed by atoms with E-state index in [1.54, 1.807) is 0 Å². The summed E-state index contributed by atoms with van der Waals surface area (Å²) >= 11 is 0. The van der Waals surface area contributed by atoms with Gasteiger partial charge in [-0.25, -0.2) is 0 Å². The van der Waals surface area contributed by atoms with Crippen LogP contribution in [0, 0.1) is 13.8 Å². The van der Waals surface area contributed by atoms with Crippen LogP contribution in [0.2, 0.25) is 0 Å². The average Bonchev–Trinajstić information content (AvgIpc) is 2.54. The van der Waals surface area contributed by atoms with Gasteiger partial charge in [-0.2, -0.15) is 0 Å². The highest BCUT2D eigenvalue weighted by Crippen LogP contribution is 2.18. The van der Waals surface area contributed by atoms with Gasteiger partial charge in [0.05, 0.1) is 12.5 Å². The van der Waals surface area contributed by atoms with Crippen molar-refractivity contribution in [2.45, 2.75) is 39.8 Å². The molecule has 0 bridgehead atoms. The van der Waals surface area contributed by atoms with Crippen LogP contribution in [0.4, 0.5) is 0 Å². The first kappa shape index (κ1) is 17.7. The third kappa shape index (κ3) is 5.23. The van der Waals surface area contributed by atoms with Crippen LogP contribution in [0.1, 0.15) is 41.6 Å². The molecule has 0 spiro atoms. The van der Waals surface area contributed by atoms with E-state index in [9.17, 15) is 9.59 Å². The van der Waals surface area contributed by atoms with Crippen LogP contribution >= 0.6 is 0 Å². The standard InChI is InChI=1S/C20H24N2O2/c1-14-8-10-17(11-9-14)19(22-16(3)23)12-20(24)21-13-18-7-5-4-6-15(18)2/h4-11,19H,12-13H2,1-3H3,(H,21,24)(H,22,23). The summed E-state index contributed by atoms with van der Waals surface area (Å²) in [5.41, 5.74) is 4.32. The van der Waals surface area contributed by atoms with Gasteiger partial charge in [0, 0.05) is 13.5 Å². The lowest BCUT2D eigenvalue weighted by molar-refractivity contribution is -0.122. The van der Waals surface area contributed by atoms with E-state index in [1.807, 2.05) is 62.4 Å². The molecule has 0 radical (unpaired) electrons. The van der Waals surface area contributed by atoms with Gasteiger partial charge in [0.15, 0.2) is 0 Å². The highest BCUT2D eigenvalue weighted by Gasteiger charge is 2.17. The highest BCUT2D eigenvalue weighted by atomic mass is 16.2. The summed E-state index contributed by atoms with van der Waals surface area (Å²) < 4.78 is 0. The van der Waals surface area contributed by atoms with Crippen LogP contribution in [-0.2, 0) is 16.1 Å². The van der Waals surface area contributed by atoms with Crippen molar-refractivity contribution in [3.8, 4) is 0 Å². The zero-order valence-corrected chi connectivity index (χ0v) is 14.4. The normalized spacial score (nSPS) is 11.6. The van der Waals surface area contributed by atoms with E-state index < -0.39 is 0 Å². The van der Waals surface area contributed by atoms with Crippen molar-refractivity contribution < 1.29 is 9.59 Å². The summed E-state index contributed by atoms with van der Waals surface area (Å²) in [5, 5.41) is 5.79. The van der Waals surface area contributed by atoms with E-state index in [-0.39, 0.29) is 24.3 Å². The van der Waals surface area contributed by atoms with Crippen LogP contribution in [0.3, 0.4) is 0 Å². The van der Waals surface area contributed by atoms with Crippen molar-refractivity contribution in [1.29, 1.82) is 0 Å². The maximum Gasteiger partial charge on any atom is 0.222 e. The molecule has 0 heterocycles. The fourth-order valence-corrected chi connectivity index (χ4v) is 2.56. The van der Waals surface area contributed by atoms with Crippen LogP contribution in [0.15, 0.2) is 48.5 Å². The Morgan fingerprint density at radius 3 is 2.29 bits per heavy atom. The monoisotopic (exact) mass is 324 g/mol. The number of hydrogen-bond donors (Lipinski definition) is 2. The van der Waals surface area contributed by atoms with E-state index in [0.29, 0.717) is 6.54 Å². The quantitative estimate of drug-likeness (QED) is 0.857. The van der Waals surface area contributed by atoms with Crippen LogP contribution in [0.25, 0.3) is 0 Å². The molecule has 0 saturated carbocycles. The van der Waals surface area contributed by atoms with Crippen LogP contribution < -0.4 is 10.6 Å². The van der Waals surface area contributed by atoms with Gasteiger partial charge in [-0.1, -0.05) is 54.1 Å². The van der Waals surface area contributed by atoms with E-state index in [2.05, 4.69) is 10.6 Å². The summed E-state index contributed by atoms with van der Waals surface area (Å²) in [5.74, 6) is -0.232. The largest absolute Gasteiger partial charge is 0.352 e. The molecular weight excluding hydrogens is 300 g/mol. The molecule has 0 saturated heterocycles. The number of rotatable bonds is 6. The SMILES string of the molecule is CC(=O)NC(CC(=O)NCc1ccccc1C)c1ccc(C)cc1. The van der Waals surface area contributed by atoms with Crippen molar-refractivity contribution >= 4 is 11.8 Å². The Morgan fingerprint density at radius 2 is 1.67 bits per heavy atom. The average molecular weight is 324 g/mol. The number of benzene rings is 2. The number of carbonyl (C=O) groups excluding carboxylic acids is 2. The van der Waals surface area contributed by atoms with E-state index in [4.69, 9.17) is 0 Å². The second kappa shape index (κ2) is 8.29. The van der Waals surface area contributed by atoms with E-state index >= 15 is 0 Å². The molecule has 24 heavy (non-hydrogen) atoms. The van der Waals surface area contributed by atoms with Gasteiger partial charge in [-0.3, -0.25) is 9.59 Å². The maximum atomic E-state index is 12.3. The smallest absolute Gasteiger partial charge is 0.222 e. The third-order valence-electron chi connectivity index (χ3n) is 3.98. The van der Waals surface area contributed by atoms with Crippen molar-refractivity contribution in [2.24, 2.45) is 0 Å². The Kier molecular flexibility index (Phi) is 6.13. The Hall–Kier alpha value is -2.62. The summed E-state index contributed by atoms with van der Waals surface area (Å²) in [6, 6.07) is 15.5. The van der Waals surface area contributed by atoms with Crippen LogP contribution in [-0.4, -0.2) is 11.8 Å². The second-order valence-corrected chi connectivity index (χ2v) is 6.07. The molecule has 0 aliphatic carbocycles. The van der Waals surface area contributed by atoms with Crippen molar-refractivity contribution in [1.82, 2.24) is 10.6 Å². The van der Waals surface area contributed by atoms with Gasteiger partial charge in [0.2, 0.25) is 11.8 Å². The lowest BCUT2D eigenvalue weighted by Crippen LogP contribution is -2.32. The first-order valence-electron chi connectivity index (χ1n) is 8.10. The molecule has 0 fully saturated rings. The zero-order chi connectivity index (χ0) is 17.5. The molecule has 2 aromatic carbocycles. The molecule has 1 atom stereocenters. The van der Waals surface area contributed by atoms with Gasteiger partial charge in [-0.15, -0.1) is 0 Å². The lowest BCUT2D eigenvalue weighted by atomic mass is 10.0. The lowest BCUT2D eigenvalue weighted by Gasteiger charge is -2.18.